The van der Waals surface area contributed by atoms with Crippen molar-refractivity contribution in [2.75, 3.05) is 0 Å². The fourth-order valence-electron chi connectivity index (χ4n) is 2.77. The van der Waals surface area contributed by atoms with Crippen LogP contribution in [0.1, 0.15) is 34.0 Å². The van der Waals surface area contributed by atoms with Gasteiger partial charge in [-0.1, -0.05) is 29.8 Å². The van der Waals surface area contributed by atoms with E-state index in [4.69, 9.17) is 5.11 Å². The van der Waals surface area contributed by atoms with Gasteiger partial charge in [0.05, 0.1) is 0 Å². The van der Waals surface area contributed by atoms with E-state index in [1.807, 2.05) is 12.1 Å². The third kappa shape index (κ3) is 3.77. The van der Waals surface area contributed by atoms with Gasteiger partial charge in [0.15, 0.2) is 0 Å². The number of benzene rings is 2. The number of aryl methyl sites for hydroxylation is 3. The van der Waals surface area contributed by atoms with Gasteiger partial charge in [0.25, 0.3) is 5.91 Å². The predicted octanol–water partition coefficient (Wildman–Crippen LogP) is 3.48. The highest BCUT2D eigenvalue weighted by atomic mass is 16.4. The summed E-state index contributed by atoms with van der Waals surface area (Å²) in [5.41, 5.74) is 6.27. The molecule has 4 nitrogen and oxygen atoms in total. The van der Waals surface area contributed by atoms with E-state index >= 15 is 0 Å². The molecule has 0 aliphatic heterocycles. The van der Waals surface area contributed by atoms with Crippen molar-refractivity contribution in [3.05, 3.63) is 58.7 Å². The molecular formula is C19H21NO3. The Morgan fingerprint density at radius 3 is 2.00 bits per heavy atom. The quantitative estimate of drug-likeness (QED) is 0.908. The monoisotopic (exact) mass is 311 g/mol. The van der Waals surface area contributed by atoms with Gasteiger partial charge in [0.2, 0.25) is 0 Å². The standard InChI is InChI=1S/C19H21NO3/c1-11-9-12(2)17(13(3)10-11)15-5-7-16(8-6-15)18(21)20-14(4)19(22)23/h5-10,14H,1-4H3,(H,20,21)(H,22,23). The van der Waals surface area contributed by atoms with Crippen LogP contribution >= 0.6 is 0 Å². The van der Waals surface area contributed by atoms with Gasteiger partial charge in [-0.05, 0) is 62.1 Å². The van der Waals surface area contributed by atoms with Crippen molar-refractivity contribution < 1.29 is 14.7 Å². The maximum absolute atomic E-state index is 12.0. The number of hydrogen-bond acceptors (Lipinski definition) is 2. The number of hydrogen-bond donors (Lipinski definition) is 2. The van der Waals surface area contributed by atoms with Gasteiger partial charge < -0.3 is 10.4 Å². The van der Waals surface area contributed by atoms with Crippen molar-refractivity contribution in [3.8, 4) is 11.1 Å². The van der Waals surface area contributed by atoms with E-state index in [0.29, 0.717) is 5.56 Å². The predicted molar refractivity (Wildman–Crippen MR) is 90.7 cm³/mol. The molecule has 0 radical (unpaired) electrons. The zero-order valence-electron chi connectivity index (χ0n) is 13.8. The summed E-state index contributed by atoms with van der Waals surface area (Å²) in [4.78, 5) is 22.8. The normalized spacial score (nSPS) is 11.8. The topological polar surface area (TPSA) is 66.4 Å². The second-order valence-electron chi connectivity index (χ2n) is 5.88. The minimum absolute atomic E-state index is 0.385. The molecule has 0 aromatic heterocycles. The zero-order valence-corrected chi connectivity index (χ0v) is 13.8. The van der Waals surface area contributed by atoms with Crippen LogP contribution in [0.2, 0.25) is 0 Å². The van der Waals surface area contributed by atoms with Crippen LogP contribution in [0.4, 0.5) is 0 Å². The Bertz CT molecular complexity index is 725. The molecule has 23 heavy (non-hydrogen) atoms. The molecule has 0 saturated carbocycles. The van der Waals surface area contributed by atoms with Gasteiger partial charge in [0.1, 0.15) is 6.04 Å². The van der Waals surface area contributed by atoms with Gasteiger partial charge >= 0.3 is 5.97 Å². The number of carboxylic acids is 1. The molecule has 2 rings (SSSR count). The van der Waals surface area contributed by atoms with Gasteiger partial charge in [-0.25, -0.2) is 0 Å². The largest absolute Gasteiger partial charge is 0.480 e. The maximum atomic E-state index is 12.0. The third-order valence-corrected chi connectivity index (χ3v) is 3.83. The summed E-state index contributed by atoms with van der Waals surface area (Å²) < 4.78 is 0. The first kappa shape index (κ1) is 16.7. The molecule has 1 atom stereocenters. The average molecular weight is 311 g/mol. The molecule has 4 heteroatoms. The van der Waals surface area contributed by atoms with E-state index in [1.54, 1.807) is 12.1 Å². The Balaban J connectivity index is 2.27. The van der Waals surface area contributed by atoms with Crippen LogP contribution in [0.5, 0.6) is 0 Å². The van der Waals surface area contributed by atoms with Gasteiger partial charge in [-0.2, -0.15) is 0 Å². The Morgan fingerprint density at radius 1 is 1.00 bits per heavy atom. The molecule has 0 fully saturated rings. The minimum atomic E-state index is -1.05. The van der Waals surface area contributed by atoms with E-state index in [1.165, 1.54) is 29.2 Å². The van der Waals surface area contributed by atoms with Crippen LogP contribution in [0.3, 0.4) is 0 Å². The smallest absolute Gasteiger partial charge is 0.325 e. The van der Waals surface area contributed by atoms with Crippen molar-refractivity contribution in [2.24, 2.45) is 0 Å². The lowest BCUT2D eigenvalue weighted by Crippen LogP contribution is -2.38. The van der Waals surface area contributed by atoms with Gasteiger partial charge in [0, 0.05) is 5.56 Å². The van der Waals surface area contributed by atoms with Crippen molar-refractivity contribution in [1.29, 1.82) is 0 Å². The fourth-order valence-corrected chi connectivity index (χ4v) is 2.77. The van der Waals surface area contributed by atoms with Crippen molar-refractivity contribution >= 4 is 11.9 Å². The average Bonchev–Trinajstić information content (AvgIpc) is 2.46. The number of rotatable bonds is 4. The van der Waals surface area contributed by atoms with Crippen LogP contribution in [-0.4, -0.2) is 23.0 Å². The molecule has 0 saturated heterocycles. The van der Waals surface area contributed by atoms with E-state index in [-0.39, 0.29) is 5.91 Å². The molecule has 2 aromatic rings. The summed E-state index contributed by atoms with van der Waals surface area (Å²) in [6.45, 7) is 7.66. The number of carboxylic acid groups (broad SMARTS) is 1. The lowest BCUT2D eigenvalue weighted by atomic mass is 9.93. The minimum Gasteiger partial charge on any atom is -0.480 e. The first-order valence-electron chi connectivity index (χ1n) is 7.51. The molecule has 1 unspecified atom stereocenters. The van der Waals surface area contributed by atoms with E-state index in [0.717, 1.165) is 5.56 Å². The summed E-state index contributed by atoms with van der Waals surface area (Å²) in [5.74, 6) is -1.44. The summed E-state index contributed by atoms with van der Waals surface area (Å²) in [5, 5.41) is 11.3. The van der Waals surface area contributed by atoms with Gasteiger partial charge in [-0.15, -0.1) is 0 Å². The number of aliphatic carboxylic acids is 1. The van der Waals surface area contributed by atoms with Crippen molar-refractivity contribution in [1.82, 2.24) is 5.32 Å². The number of nitrogens with one attached hydrogen (secondary N) is 1. The first-order valence-corrected chi connectivity index (χ1v) is 7.51. The highest BCUT2D eigenvalue weighted by Gasteiger charge is 2.15. The second kappa shape index (κ2) is 6.65. The highest BCUT2D eigenvalue weighted by molar-refractivity contribution is 5.97. The van der Waals surface area contributed by atoms with Gasteiger partial charge in [-0.3, -0.25) is 9.59 Å². The molecule has 0 aliphatic carbocycles. The molecule has 0 aliphatic rings. The van der Waals surface area contributed by atoms with Crippen LogP contribution < -0.4 is 5.32 Å². The Morgan fingerprint density at radius 2 is 1.52 bits per heavy atom. The van der Waals surface area contributed by atoms with E-state index < -0.39 is 12.0 Å². The summed E-state index contributed by atoms with van der Waals surface area (Å²) in [6.07, 6.45) is 0. The Labute approximate surface area is 136 Å². The van der Waals surface area contributed by atoms with Crippen molar-refractivity contribution in [2.45, 2.75) is 33.7 Å². The highest BCUT2D eigenvalue weighted by Crippen LogP contribution is 2.28. The molecule has 2 aromatic carbocycles. The molecule has 120 valence electrons. The Hall–Kier alpha value is -2.62. The molecule has 2 N–H and O–H groups in total. The number of carbonyl (C=O) groups excluding carboxylic acids is 1. The van der Waals surface area contributed by atoms with E-state index in [9.17, 15) is 9.59 Å². The molecule has 0 heterocycles. The lowest BCUT2D eigenvalue weighted by Gasteiger charge is -2.13. The molecule has 0 bridgehead atoms. The molecular weight excluding hydrogens is 290 g/mol. The van der Waals surface area contributed by atoms with Crippen LogP contribution in [0.15, 0.2) is 36.4 Å². The number of amides is 1. The summed E-state index contributed by atoms with van der Waals surface area (Å²) in [6, 6.07) is 10.6. The Kier molecular flexibility index (Phi) is 4.84. The van der Waals surface area contributed by atoms with Crippen LogP contribution in [0, 0.1) is 20.8 Å². The summed E-state index contributed by atoms with van der Waals surface area (Å²) >= 11 is 0. The molecule has 1 amide bonds. The van der Waals surface area contributed by atoms with Crippen LogP contribution in [0.25, 0.3) is 11.1 Å². The summed E-state index contributed by atoms with van der Waals surface area (Å²) in [7, 11) is 0. The zero-order chi connectivity index (χ0) is 17.1. The second-order valence-corrected chi connectivity index (χ2v) is 5.88. The maximum Gasteiger partial charge on any atom is 0.325 e. The van der Waals surface area contributed by atoms with Crippen molar-refractivity contribution in [3.63, 3.8) is 0 Å². The van der Waals surface area contributed by atoms with Crippen LogP contribution in [-0.2, 0) is 4.79 Å². The fraction of sp³-hybridized carbons (Fsp3) is 0.263. The third-order valence-electron chi connectivity index (χ3n) is 3.83. The number of carbonyl (C=O) groups is 2. The van der Waals surface area contributed by atoms with E-state index in [2.05, 4.69) is 38.2 Å². The molecule has 0 spiro atoms. The SMILES string of the molecule is Cc1cc(C)c(-c2ccc(C(=O)NC(C)C(=O)O)cc2)c(C)c1. The lowest BCUT2D eigenvalue weighted by molar-refractivity contribution is -0.138. The first-order chi connectivity index (χ1) is 10.8.